The van der Waals surface area contributed by atoms with Gasteiger partial charge in [-0.1, -0.05) is 24.3 Å². The van der Waals surface area contributed by atoms with Crippen molar-refractivity contribution in [2.45, 2.75) is 0 Å². The van der Waals surface area contributed by atoms with Crippen LogP contribution in [0.3, 0.4) is 0 Å². The van der Waals surface area contributed by atoms with Crippen LogP contribution in [0.2, 0.25) is 0 Å². The number of para-hydroxylation sites is 2. The number of hydrogen-bond acceptors (Lipinski definition) is 4. The lowest BCUT2D eigenvalue weighted by Gasteiger charge is -2.22. The minimum atomic E-state index is -1.14. The lowest BCUT2D eigenvalue weighted by molar-refractivity contribution is 0.0688. The molecule has 20 heavy (non-hydrogen) atoms. The molecule has 0 radical (unpaired) electrons. The third kappa shape index (κ3) is 2.45. The van der Waals surface area contributed by atoms with Crippen molar-refractivity contribution in [3.05, 3.63) is 59.7 Å². The average molecular weight is 272 g/mol. The molecule has 0 atom stereocenters. The van der Waals surface area contributed by atoms with Crippen molar-refractivity contribution in [2.75, 3.05) is 5.01 Å². The first-order valence-corrected chi connectivity index (χ1v) is 5.72. The molecular weight excluding hydrogens is 260 g/mol. The van der Waals surface area contributed by atoms with Gasteiger partial charge in [-0.3, -0.25) is 5.01 Å². The SMILES string of the molecule is NN(c1ccccc1C(=O)O)c1ccccc1C(=O)O. The summed E-state index contributed by atoms with van der Waals surface area (Å²) >= 11 is 0. The first kappa shape index (κ1) is 13.6. The van der Waals surface area contributed by atoms with Gasteiger partial charge in [0.25, 0.3) is 0 Å². The number of anilines is 2. The number of nitrogens with zero attached hydrogens (tertiary/aromatic N) is 1. The molecule has 6 heteroatoms. The minimum Gasteiger partial charge on any atom is -0.478 e. The Hall–Kier alpha value is -2.86. The number of hydrogen-bond donors (Lipinski definition) is 3. The highest BCUT2D eigenvalue weighted by Crippen LogP contribution is 2.28. The van der Waals surface area contributed by atoms with Crippen molar-refractivity contribution < 1.29 is 19.8 Å². The van der Waals surface area contributed by atoms with Crippen LogP contribution in [-0.2, 0) is 0 Å². The van der Waals surface area contributed by atoms with Crippen molar-refractivity contribution in [1.29, 1.82) is 0 Å². The van der Waals surface area contributed by atoms with Crippen LogP contribution in [0, 0.1) is 0 Å². The number of carbonyl (C=O) groups is 2. The highest BCUT2D eigenvalue weighted by Gasteiger charge is 2.18. The van der Waals surface area contributed by atoms with Crippen molar-refractivity contribution >= 4 is 23.3 Å². The molecule has 0 aromatic heterocycles. The molecule has 0 aliphatic rings. The normalized spacial score (nSPS) is 10.1. The third-order valence-electron chi connectivity index (χ3n) is 2.79. The van der Waals surface area contributed by atoms with E-state index in [2.05, 4.69) is 0 Å². The van der Waals surface area contributed by atoms with Gasteiger partial charge in [0.15, 0.2) is 0 Å². The maximum absolute atomic E-state index is 11.2. The molecule has 0 aliphatic heterocycles. The molecule has 0 saturated carbocycles. The van der Waals surface area contributed by atoms with E-state index in [9.17, 15) is 9.59 Å². The van der Waals surface area contributed by atoms with Crippen LogP contribution in [0.4, 0.5) is 11.4 Å². The average Bonchev–Trinajstić information content (AvgIpc) is 2.46. The van der Waals surface area contributed by atoms with Crippen LogP contribution in [0.15, 0.2) is 48.5 Å². The molecule has 2 rings (SSSR count). The second-order valence-electron chi connectivity index (χ2n) is 4.01. The summed E-state index contributed by atoms with van der Waals surface area (Å²) in [6.07, 6.45) is 0. The Morgan fingerprint density at radius 3 is 1.50 bits per heavy atom. The minimum absolute atomic E-state index is 0.00445. The fourth-order valence-corrected chi connectivity index (χ4v) is 1.86. The number of carboxylic acid groups (broad SMARTS) is 2. The Morgan fingerprint density at radius 1 is 0.800 bits per heavy atom. The fraction of sp³-hybridized carbons (Fsp3) is 0. The van der Waals surface area contributed by atoms with Crippen molar-refractivity contribution in [1.82, 2.24) is 0 Å². The molecule has 0 bridgehead atoms. The molecular formula is C14H12N2O4. The Balaban J connectivity index is 2.55. The standard InChI is InChI=1S/C14H12N2O4/c15-16(11-7-3-1-5-9(11)13(17)18)12-8-4-2-6-10(12)14(19)20/h1-8H,15H2,(H,17,18)(H,19,20). The number of benzene rings is 2. The second-order valence-corrected chi connectivity index (χ2v) is 4.01. The zero-order chi connectivity index (χ0) is 14.7. The fourth-order valence-electron chi connectivity index (χ4n) is 1.86. The maximum atomic E-state index is 11.2. The Labute approximate surface area is 114 Å². The van der Waals surface area contributed by atoms with E-state index in [1.165, 1.54) is 24.3 Å². The molecule has 0 saturated heterocycles. The Morgan fingerprint density at radius 2 is 1.15 bits per heavy atom. The predicted octanol–water partition coefficient (Wildman–Crippen LogP) is 2.09. The highest BCUT2D eigenvalue weighted by molar-refractivity contribution is 5.99. The molecule has 6 nitrogen and oxygen atoms in total. The maximum Gasteiger partial charge on any atom is 0.337 e. The van der Waals surface area contributed by atoms with Gasteiger partial charge in [0, 0.05) is 0 Å². The summed E-state index contributed by atoms with van der Waals surface area (Å²) in [4.78, 5) is 22.4. The number of hydrazine groups is 1. The molecule has 4 N–H and O–H groups in total. The van der Waals surface area contributed by atoms with E-state index in [4.69, 9.17) is 16.1 Å². The second kappa shape index (κ2) is 5.41. The largest absolute Gasteiger partial charge is 0.478 e. The summed E-state index contributed by atoms with van der Waals surface area (Å²) in [5.41, 5.74) is 0.424. The molecule has 0 unspecified atom stereocenters. The monoisotopic (exact) mass is 272 g/mol. The van der Waals surface area contributed by atoms with Crippen molar-refractivity contribution in [3.63, 3.8) is 0 Å². The topological polar surface area (TPSA) is 104 Å². The summed E-state index contributed by atoms with van der Waals surface area (Å²) < 4.78 is 0. The Bertz CT molecular complexity index is 612. The first-order valence-electron chi connectivity index (χ1n) is 5.72. The van der Waals surface area contributed by atoms with Gasteiger partial charge in [0.2, 0.25) is 0 Å². The van der Waals surface area contributed by atoms with E-state index >= 15 is 0 Å². The lowest BCUT2D eigenvalue weighted by atomic mass is 10.1. The van der Waals surface area contributed by atoms with Crippen molar-refractivity contribution in [3.8, 4) is 0 Å². The molecule has 0 aliphatic carbocycles. The zero-order valence-corrected chi connectivity index (χ0v) is 10.4. The summed E-state index contributed by atoms with van der Waals surface area (Å²) in [6.45, 7) is 0. The summed E-state index contributed by atoms with van der Waals surface area (Å²) in [7, 11) is 0. The van der Waals surface area contributed by atoms with E-state index in [1.54, 1.807) is 24.3 Å². The van der Waals surface area contributed by atoms with E-state index in [-0.39, 0.29) is 22.5 Å². The van der Waals surface area contributed by atoms with Crippen LogP contribution in [-0.4, -0.2) is 22.2 Å². The van der Waals surface area contributed by atoms with Crippen LogP contribution in [0.25, 0.3) is 0 Å². The van der Waals surface area contributed by atoms with Gasteiger partial charge in [-0.25, -0.2) is 15.4 Å². The van der Waals surface area contributed by atoms with Crippen LogP contribution < -0.4 is 10.9 Å². The quantitative estimate of drug-likeness (QED) is 0.581. The molecule has 2 aromatic carbocycles. The van der Waals surface area contributed by atoms with Gasteiger partial charge < -0.3 is 10.2 Å². The van der Waals surface area contributed by atoms with Gasteiger partial charge in [-0.2, -0.15) is 0 Å². The highest BCUT2D eigenvalue weighted by atomic mass is 16.4. The van der Waals surface area contributed by atoms with E-state index in [0.29, 0.717) is 0 Å². The first-order chi connectivity index (χ1) is 9.52. The third-order valence-corrected chi connectivity index (χ3v) is 2.79. The van der Waals surface area contributed by atoms with Crippen LogP contribution in [0.1, 0.15) is 20.7 Å². The van der Waals surface area contributed by atoms with Crippen molar-refractivity contribution in [2.24, 2.45) is 5.84 Å². The number of rotatable bonds is 4. The lowest BCUT2D eigenvalue weighted by Crippen LogP contribution is -2.28. The molecule has 102 valence electrons. The molecule has 2 aromatic rings. The molecule has 0 spiro atoms. The van der Waals surface area contributed by atoms with Gasteiger partial charge in [-0.05, 0) is 24.3 Å². The zero-order valence-electron chi connectivity index (χ0n) is 10.4. The molecule has 0 fully saturated rings. The van der Waals surface area contributed by atoms with E-state index < -0.39 is 11.9 Å². The van der Waals surface area contributed by atoms with Crippen LogP contribution >= 0.6 is 0 Å². The number of nitrogens with two attached hydrogens (primary N) is 1. The van der Waals surface area contributed by atoms with E-state index in [0.717, 1.165) is 5.01 Å². The van der Waals surface area contributed by atoms with Gasteiger partial charge >= 0.3 is 11.9 Å². The summed E-state index contributed by atoms with van der Waals surface area (Å²) in [6, 6.07) is 12.2. The van der Waals surface area contributed by atoms with Gasteiger partial charge in [-0.15, -0.1) is 0 Å². The molecule has 0 amide bonds. The summed E-state index contributed by atoms with van der Waals surface area (Å²) in [5, 5.41) is 19.3. The Kier molecular flexibility index (Phi) is 3.67. The predicted molar refractivity (Wildman–Crippen MR) is 73.1 cm³/mol. The summed E-state index contributed by atoms with van der Waals surface area (Å²) in [5.74, 6) is 3.63. The van der Waals surface area contributed by atoms with E-state index in [1.807, 2.05) is 0 Å². The van der Waals surface area contributed by atoms with Gasteiger partial charge in [0.1, 0.15) is 0 Å². The number of aromatic carboxylic acids is 2. The van der Waals surface area contributed by atoms with Crippen LogP contribution in [0.5, 0.6) is 0 Å². The number of carboxylic acids is 2. The smallest absolute Gasteiger partial charge is 0.337 e. The molecule has 0 heterocycles. The van der Waals surface area contributed by atoms with Gasteiger partial charge in [0.05, 0.1) is 22.5 Å².